The molecular formula is C11H10N4S. The van der Waals surface area contributed by atoms with Crippen LogP contribution in [-0.2, 0) is 0 Å². The van der Waals surface area contributed by atoms with Gasteiger partial charge in [0.15, 0.2) is 0 Å². The third-order valence-corrected chi connectivity index (χ3v) is 3.43. The number of aryl methyl sites for hydroxylation is 1. The summed E-state index contributed by atoms with van der Waals surface area (Å²) in [5, 5.41) is 7.72. The predicted octanol–water partition coefficient (Wildman–Crippen LogP) is 2.58. The Hall–Kier alpha value is -1.88. The molecule has 80 valence electrons. The Morgan fingerprint density at radius 1 is 1.38 bits per heavy atom. The van der Waals surface area contributed by atoms with E-state index < -0.39 is 0 Å². The summed E-state index contributed by atoms with van der Waals surface area (Å²) in [7, 11) is 0. The fraction of sp³-hybridized carbons (Fsp3) is 0.0909. The number of hydrogen-bond acceptors (Lipinski definition) is 4. The fourth-order valence-electron chi connectivity index (χ4n) is 1.74. The Morgan fingerprint density at radius 2 is 2.25 bits per heavy atom. The van der Waals surface area contributed by atoms with E-state index in [1.165, 1.54) is 4.70 Å². The molecule has 3 N–H and O–H groups in total. The van der Waals surface area contributed by atoms with Crippen LogP contribution in [0.25, 0.3) is 21.3 Å². The minimum Gasteiger partial charge on any atom is -0.384 e. The van der Waals surface area contributed by atoms with Crippen molar-refractivity contribution in [2.45, 2.75) is 6.92 Å². The van der Waals surface area contributed by atoms with Crippen molar-refractivity contribution < 1.29 is 0 Å². The SMILES string of the molecule is Cc1nc2cc(-c3cn[nH]c3N)ccc2s1. The van der Waals surface area contributed by atoms with Gasteiger partial charge in [0, 0.05) is 5.56 Å². The number of thiazole rings is 1. The second-order valence-corrected chi connectivity index (χ2v) is 4.85. The summed E-state index contributed by atoms with van der Waals surface area (Å²) in [4.78, 5) is 4.46. The van der Waals surface area contributed by atoms with Gasteiger partial charge in [-0.25, -0.2) is 4.98 Å². The number of benzene rings is 1. The lowest BCUT2D eigenvalue weighted by molar-refractivity contribution is 1.10. The lowest BCUT2D eigenvalue weighted by atomic mass is 10.1. The van der Waals surface area contributed by atoms with Crippen LogP contribution in [0.1, 0.15) is 5.01 Å². The molecule has 2 aromatic heterocycles. The van der Waals surface area contributed by atoms with Crippen LogP contribution in [0, 0.1) is 6.92 Å². The number of nitrogens with two attached hydrogens (primary N) is 1. The molecule has 16 heavy (non-hydrogen) atoms. The normalized spacial score (nSPS) is 11.1. The minimum atomic E-state index is 0.589. The van der Waals surface area contributed by atoms with Crippen molar-refractivity contribution in [2.24, 2.45) is 0 Å². The number of nitrogens with zero attached hydrogens (tertiary/aromatic N) is 2. The van der Waals surface area contributed by atoms with Crippen molar-refractivity contribution >= 4 is 27.4 Å². The van der Waals surface area contributed by atoms with Gasteiger partial charge in [0.1, 0.15) is 5.82 Å². The van der Waals surface area contributed by atoms with E-state index in [9.17, 15) is 0 Å². The molecule has 0 fully saturated rings. The molecule has 2 heterocycles. The van der Waals surface area contributed by atoms with Crippen molar-refractivity contribution in [2.75, 3.05) is 5.73 Å². The number of aromatic nitrogens is 3. The highest BCUT2D eigenvalue weighted by Crippen LogP contribution is 2.29. The molecule has 0 unspecified atom stereocenters. The van der Waals surface area contributed by atoms with E-state index in [0.29, 0.717) is 5.82 Å². The van der Waals surface area contributed by atoms with Gasteiger partial charge in [-0.1, -0.05) is 6.07 Å². The maximum Gasteiger partial charge on any atom is 0.126 e. The molecule has 3 rings (SSSR count). The maximum absolute atomic E-state index is 5.79. The quantitative estimate of drug-likeness (QED) is 0.675. The van der Waals surface area contributed by atoms with Gasteiger partial charge in [0.25, 0.3) is 0 Å². The molecule has 4 nitrogen and oxygen atoms in total. The summed E-state index contributed by atoms with van der Waals surface area (Å²) in [5.74, 6) is 0.589. The Kier molecular flexibility index (Phi) is 1.94. The van der Waals surface area contributed by atoms with Gasteiger partial charge in [0.2, 0.25) is 0 Å². The van der Waals surface area contributed by atoms with Gasteiger partial charge >= 0.3 is 0 Å². The Labute approximate surface area is 96.1 Å². The van der Waals surface area contributed by atoms with Crippen LogP contribution >= 0.6 is 11.3 Å². The highest BCUT2D eigenvalue weighted by Gasteiger charge is 2.07. The Balaban J connectivity index is 2.22. The number of nitrogens with one attached hydrogen (secondary N) is 1. The second-order valence-electron chi connectivity index (χ2n) is 3.61. The van der Waals surface area contributed by atoms with Gasteiger partial charge in [-0.2, -0.15) is 5.10 Å². The number of fused-ring (bicyclic) bond motifs is 1. The first-order valence-electron chi connectivity index (χ1n) is 4.90. The number of anilines is 1. The van der Waals surface area contributed by atoms with E-state index in [-0.39, 0.29) is 0 Å². The third-order valence-electron chi connectivity index (χ3n) is 2.47. The Morgan fingerprint density at radius 3 is 3.00 bits per heavy atom. The number of nitrogen functional groups attached to an aromatic ring is 1. The van der Waals surface area contributed by atoms with Gasteiger partial charge in [-0.05, 0) is 24.6 Å². The van der Waals surface area contributed by atoms with Crippen molar-refractivity contribution in [3.8, 4) is 11.1 Å². The van der Waals surface area contributed by atoms with Gasteiger partial charge in [0.05, 0.1) is 21.4 Å². The lowest BCUT2D eigenvalue weighted by Gasteiger charge is -1.98. The van der Waals surface area contributed by atoms with Crippen LogP contribution in [0.3, 0.4) is 0 Å². The molecule has 1 aromatic carbocycles. The number of aromatic amines is 1. The highest BCUT2D eigenvalue weighted by atomic mass is 32.1. The Bertz CT molecular complexity index is 653. The van der Waals surface area contributed by atoms with Gasteiger partial charge in [-0.15, -0.1) is 11.3 Å². The summed E-state index contributed by atoms with van der Waals surface area (Å²) < 4.78 is 1.20. The number of H-pyrrole nitrogens is 1. The molecule has 0 radical (unpaired) electrons. The van der Waals surface area contributed by atoms with Crippen LogP contribution in [0.15, 0.2) is 24.4 Å². The van der Waals surface area contributed by atoms with Crippen LogP contribution in [-0.4, -0.2) is 15.2 Å². The molecule has 0 saturated carbocycles. The molecule has 3 aromatic rings. The molecule has 5 heteroatoms. The molecule has 0 atom stereocenters. The summed E-state index contributed by atoms with van der Waals surface area (Å²) in [6.07, 6.45) is 1.73. The highest BCUT2D eigenvalue weighted by molar-refractivity contribution is 7.18. The molecule has 0 aliphatic rings. The number of hydrogen-bond donors (Lipinski definition) is 2. The monoisotopic (exact) mass is 230 g/mol. The zero-order valence-corrected chi connectivity index (χ0v) is 9.51. The van der Waals surface area contributed by atoms with Crippen LogP contribution < -0.4 is 5.73 Å². The van der Waals surface area contributed by atoms with E-state index in [4.69, 9.17) is 5.73 Å². The maximum atomic E-state index is 5.79. The molecule has 0 amide bonds. The summed E-state index contributed by atoms with van der Waals surface area (Å²) in [6, 6.07) is 6.16. The van der Waals surface area contributed by atoms with Crippen LogP contribution in [0.4, 0.5) is 5.82 Å². The van der Waals surface area contributed by atoms with Crippen molar-refractivity contribution in [1.29, 1.82) is 0 Å². The van der Waals surface area contributed by atoms with Crippen molar-refractivity contribution in [3.05, 3.63) is 29.4 Å². The van der Waals surface area contributed by atoms with Crippen molar-refractivity contribution in [1.82, 2.24) is 15.2 Å². The zero-order chi connectivity index (χ0) is 11.1. The van der Waals surface area contributed by atoms with E-state index in [1.54, 1.807) is 17.5 Å². The zero-order valence-electron chi connectivity index (χ0n) is 8.69. The molecule has 0 aliphatic heterocycles. The summed E-state index contributed by atoms with van der Waals surface area (Å²) in [5.41, 5.74) is 8.77. The molecule has 0 bridgehead atoms. The first kappa shape index (κ1) is 9.35. The van der Waals surface area contributed by atoms with E-state index in [0.717, 1.165) is 21.7 Å². The molecular weight excluding hydrogens is 220 g/mol. The average Bonchev–Trinajstić information content (AvgIpc) is 2.81. The van der Waals surface area contributed by atoms with E-state index >= 15 is 0 Å². The fourth-order valence-corrected chi connectivity index (χ4v) is 2.54. The summed E-state index contributed by atoms with van der Waals surface area (Å²) in [6.45, 7) is 2.01. The number of rotatable bonds is 1. The topological polar surface area (TPSA) is 67.6 Å². The molecule has 0 spiro atoms. The third kappa shape index (κ3) is 1.37. The van der Waals surface area contributed by atoms with Crippen LogP contribution in [0.5, 0.6) is 0 Å². The first-order valence-corrected chi connectivity index (χ1v) is 5.72. The van der Waals surface area contributed by atoms with Gasteiger partial charge < -0.3 is 5.73 Å². The van der Waals surface area contributed by atoms with Crippen LogP contribution in [0.2, 0.25) is 0 Å². The molecule has 0 saturated heterocycles. The van der Waals surface area contributed by atoms with Gasteiger partial charge in [-0.3, -0.25) is 5.10 Å². The standard InChI is InChI=1S/C11H10N4S/c1-6-14-9-4-7(2-3-10(9)16-6)8-5-13-15-11(8)12/h2-5H,1H3,(H3,12,13,15). The molecule has 0 aliphatic carbocycles. The minimum absolute atomic E-state index is 0.589. The smallest absolute Gasteiger partial charge is 0.126 e. The van der Waals surface area contributed by atoms with Crippen molar-refractivity contribution in [3.63, 3.8) is 0 Å². The average molecular weight is 230 g/mol. The second kappa shape index (κ2) is 3.31. The lowest BCUT2D eigenvalue weighted by Crippen LogP contribution is -1.87. The van der Waals surface area contributed by atoms with E-state index in [2.05, 4.69) is 21.2 Å². The first-order chi connectivity index (χ1) is 7.74. The summed E-state index contributed by atoms with van der Waals surface area (Å²) >= 11 is 1.70. The largest absolute Gasteiger partial charge is 0.384 e. The predicted molar refractivity (Wildman–Crippen MR) is 66.4 cm³/mol. The van der Waals surface area contributed by atoms with E-state index in [1.807, 2.05) is 19.1 Å².